The van der Waals surface area contributed by atoms with Crippen LogP contribution in [0.1, 0.15) is 194 Å². The fraction of sp³-hybridized carbons (Fsp3) is 0.778. The number of esters is 2. The first-order valence-corrected chi connectivity index (χ1v) is 23.6. The van der Waals surface area contributed by atoms with Gasteiger partial charge >= 0.3 is 19.8 Å². The molecule has 0 aromatic rings. The maximum absolute atomic E-state index is 12.6. The molecule has 0 aliphatic rings. The number of hydrogen-bond acceptors (Lipinski definition) is 8. The van der Waals surface area contributed by atoms with Crippen LogP contribution in [-0.2, 0) is 32.7 Å². The van der Waals surface area contributed by atoms with Gasteiger partial charge < -0.3 is 20.1 Å². The van der Waals surface area contributed by atoms with Crippen LogP contribution in [0.15, 0.2) is 48.6 Å². The van der Waals surface area contributed by atoms with Crippen molar-refractivity contribution in [1.29, 1.82) is 0 Å². The van der Waals surface area contributed by atoms with E-state index in [9.17, 15) is 19.0 Å². The van der Waals surface area contributed by atoms with Crippen molar-refractivity contribution < 1.29 is 37.6 Å². The molecular weight excluding hydrogens is 713 g/mol. The standard InChI is InChI=1S/C45H82NO8P/c1-3-5-7-9-11-13-15-17-19-20-21-22-24-26-28-30-32-34-36-38-45(48)54-43(42-53-55(49,50)52-40-39-46)41-51-44(47)37-35-33-31-29-27-25-23-18-16-14-12-10-8-6-4-2/h17-24,43H,3-16,25-42,46H2,1-2H3,(H,49,50)/b19-17-,21-20+,23-18-,24-22+/t43-/m1/s1. The average Bonchev–Trinajstić information content (AvgIpc) is 3.17. The quantitative estimate of drug-likeness (QED) is 0.0204. The Balaban J connectivity index is 4.21. The van der Waals surface area contributed by atoms with Crippen molar-refractivity contribution in [2.75, 3.05) is 26.4 Å². The minimum absolute atomic E-state index is 0.0472. The molecule has 0 fully saturated rings. The van der Waals surface area contributed by atoms with Crippen molar-refractivity contribution in [2.24, 2.45) is 5.73 Å². The van der Waals surface area contributed by atoms with Gasteiger partial charge in [-0.05, 0) is 64.2 Å². The summed E-state index contributed by atoms with van der Waals surface area (Å²) in [6.45, 7) is 3.68. The normalized spacial score (nSPS) is 13.7. The first kappa shape index (κ1) is 53.0. The molecule has 0 amide bonds. The maximum Gasteiger partial charge on any atom is 0.472 e. The Morgan fingerprint density at radius 1 is 0.545 bits per heavy atom. The van der Waals surface area contributed by atoms with E-state index in [1.165, 1.54) is 83.5 Å². The molecular formula is C45H82NO8P. The molecule has 0 rings (SSSR count). The average molecular weight is 796 g/mol. The molecule has 1 unspecified atom stereocenters. The molecule has 0 aliphatic carbocycles. The summed E-state index contributed by atoms with van der Waals surface area (Å²) in [6, 6.07) is 0. The minimum Gasteiger partial charge on any atom is -0.462 e. The predicted molar refractivity (Wildman–Crippen MR) is 229 cm³/mol. The lowest BCUT2D eigenvalue weighted by Crippen LogP contribution is -2.29. The molecule has 55 heavy (non-hydrogen) atoms. The minimum atomic E-state index is -4.39. The highest BCUT2D eigenvalue weighted by Gasteiger charge is 2.26. The smallest absolute Gasteiger partial charge is 0.462 e. The summed E-state index contributed by atoms with van der Waals surface area (Å²) in [5, 5.41) is 0. The molecule has 0 saturated heterocycles. The number of unbranched alkanes of at least 4 members (excludes halogenated alkanes) is 22. The Bertz CT molecular complexity index is 1040. The first-order valence-electron chi connectivity index (χ1n) is 22.1. The Labute approximate surface area is 336 Å². The van der Waals surface area contributed by atoms with E-state index in [0.717, 1.165) is 77.0 Å². The lowest BCUT2D eigenvalue weighted by molar-refractivity contribution is -0.161. The van der Waals surface area contributed by atoms with E-state index in [2.05, 4.69) is 62.5 Å². The zero-order chi connectivity index (χ0) is 40.3. The monoisotopic (exact) mass is 796 g/mol. The van der Waals surface area contributed by atoms with Gasteiger partial charge in [0.05, 0.1) is 13.2 Å². The van der Waals surface area contributed by atoms with Crippen LogP contribution in [0, 0.1) is 0 Å². The van der Waals surface area contributed by atoms with Gasteiger partial charge in [-0.1, -0.05) is 165 Å². The van der Waals surface area contributed by atoms with Gasteiger partial charge in [-0.3, -0.25) is 18.6 Å². The molecule has 320 valence electrons. The zero-order valence-electron chi connectivity index (χ0n) is 35.2. The third-order valence-electron chi connectivity index (χ3n) is 9.25. The van der Waals surface area contributed by atoms with Crippen LogP contribution in [0.4, 0.5) is 0 Å². The molecule has 0 radical (unpaired) electrons. The summed E-state index contributed by atoms with van der Waals surface area (Å²) < 4.78 is 32.8. The van der Waals surface area contributed by atoms with Crippen molar-refractivity contribution >= 4 is 19.8 Å². The van der Waals surface area contributed by atoms with E-state index in [4.69, 9.17) is 24.3 Å². The largest absolute Gasteiger partial charge is 0.472 e. The summed E-state index contributed by atoms with van der Waals surface area (Å²) in [5.41, 5.74) is 5.35. The molecule has 0 aliphatic heterocycles. The highest BCUT2D eigenvalue weighted by atomic mass is 31.2. The molecule has 0 aromatic carbocycles. The van der Waals surface area contributed by atoms with Crippen molar-refractivity contribution in [2.45, 2.75) is 200 Å². The molecule has 9 nitrogen and oxygen atoms in total. The van der Waals surface area contributed by atoms with Gasteiger partial charge in [-0.25, -0.2) is 4.57 Å². The molecule has 3 N–H and O–H groups in total. The third-order valence-corrected chi connectivity index (χ3v) is 10.2. The van der Waals surface area contributed by atoms with Crippen LogP contribution in [-0.4, -0.2) is 49.3 Å². The van der Waals surface area contributed by atoms with Gasteiger partial charge in [-0.15, -0.1) is 0 Å². The SMILES string of the molecule is CCCCCCCC\C=C/C=C/C=C/CCCCCCCC(=O)O[C@H](COC(=O)CCCCCCC/C=C\CCCCCCCC)COP(=O)(O)OCCN. The predicted octanol–water partition coefficient (Wildman–Crippen LogP) is 12.7. The Hall–Kier alpha value is -2.03. The molecule has 0 aromatic heterocycles. The van der Waals surface area contributed by atoms with Gasteiger partial charge in [0.2, 0.25) is 0 Å². The molecule has 10 heteroatoms. The van der Waals surface area contributed by atoms with E-state index in [1.54, 1.807) is 0 Å². The summed E-state index contributed by atoms with van der Waals surface area (Å²) in [7, 11) is -4.39. The van der Waals surface area contributed by atoms with Gasteiger partial charge in [-0.2, -0.15) is 0 Å². The van der Waals surface area contributed by atoms with Crippen molar-refractivity contribution in [3.63, 3.8) is 0 Å². The zero-order valence-corrected chi connectivity index (χ0v) is 36.0. The van der Waals surface area contributed by atoms with Crippen LogP contribution < -0.4 is 5.73 Å². The number of ether oxygens (including phenoxy) is 2. The van der Waals surface area contributed by atoms with E-state index in [0.29, 0.717) is 6.42 Å². The number of phosphoric ester groups is 1. The fourth-order valence-electron chi connectivity index (χ4n) is 5.92. The summed E-state index contributed by atoms with van der Waals surface area (Å²) in [6.07, 6.45) is 47.1. The number of carbonyl (C=O) groups is 2. The van der Waals surface area contributed by atoms with Crippen LogP contribution in [0.5, 0.6) is 0 Å². The summed E-state index contributed by atoms with van der Waals surface area (Å²) in [4.78, 5) is 34.9. The van der Waals surface area contributed by atoms with E-state index in [-0.39, 0.29) is 32.6 Å². The first-order chi connectivity index (χ1) is 26.8. The molecule has 0 saturated carbocycles. The number of nitrogens with two attached hydrogens (primary N) is 1. The van der Waals surface area contributed by atoms with E-state index >= 15 is 0 Å². The van der Waals surface area contributed by atoms with Gasteiger partial charge in [0.25, 0.3) is 0 Å². The number of phosphoric acid groups is 1. The maximum atomic E-state index is 12.6. The van der Waals surface area contributed by atoms with Crippen LogP contribution in [0.25, 0.3) is 0 Å². The topological polar surface area (TPSA) is 134 Å². The highest BCUT2D eigenvalue weighted by Crippen LogP contribution is 2.43. The number of hydrogen-bond donors (Lipinski definition) is 2. The van der Waals surface area contributed by atoms with Crippen molar-refractivity contribution in [1.82, 2.24) is 0 Å². The van der Waals surface area contributed by atoms with Gasteiger partial charge in [0, 0.05) is 19.4 Å². The van der Waals surface area contributed by atoms with Crippen LogP contribution in [0.2, 0.25) is 0 Å². The molecule has 0 spiro atoms. The molecule has 0 bridgehead atoms. The van der Waals surface area contributed by atoms with E-state index < -0.39 is 32.5 Å². The van der Waals surface area contributed by atoms with Crippen molar-refractivity contribution in [3.05, 3.63) is 48.6 Å². The Kier molecular flexibility index (Phi) is 40.1. The van der Waals surface area contributed by atoms with Gasteiger partial charge in [0.15, 0.2) is 6.10 Å². The number of allylic oxidation sites excluding steroid dienone is 8. The molecule has 0 heterocycles. The lowest BCUT2D eigenvalue weighted by Gasteiger charge is -2.19. The third kappa shape index (κ3) is 41.4. The highest BCUT2D eigenvalue weighted by molar-refractivity contribution is 7.47. The fourth-order valence-corrected chi connectivity index (χ4v) is 6.69. The molecule has 2 atom stereocenters. The second-order valence-electron chi connectivity index (χ2n) is 14.6. The Morgan fingerprint density at radius 3 is 1.44 bits per heavy atom. The van der Waals surface area contributed by atoms with E-state index in [1.807, 2.05) is 0 Å². The number of carbonyl (C=O) groups excluding carboxylic acids is 2. The number of rotatable bonds is 41. The second-order valence-corrected chi connectivity index (χ2v) is 16.1. The van der Waals surface area contributed by atoms with Crippen molar-refractivity contribution in [3.8, 4) is 0 Å². The summed E-state index contributed by atoms with van der Waals surface area (Å²) >= 11 is 0. The van der Waals surface area contributed by atoms with Crippen LogP contribution >= 0.6 is 7.82 Å². The Morgan fingerprint density at radius 2 is 0.964 bits per heavy atom. The lowest BCUT2D eigenvalue weighted by atomic mass is 10.1. The summed E-state index contributed by atoms with van der Waals surface area (Å²) in [5.74, 6) is -0.861. The van der Waals surface area contributed by atoms with Gasteiger partial charge in [0.1, 0.15) is 6.61 Å². The van der Waals surface area contributed by atoms with Crippen LogP contribution in [0.3, 0.4) is 0 Å². The second kappa shape index (κ2) is 41.6.